The van der Waals surface area contributed by atoms with Crippen molar-refractivity contribution in [2.24, 2.45) is 0 Å². The lowest BCUT2D eigenvalue weighted by molar-refractivity contribution is 0.00758. The van der Waals surface area contributed by atoms with Gasteiger partial charge in [-0.2, -0.15) is 14.0 Å². The molecule has 0 aliphatic carbocycles. The van der Waals surface area contributed by atoms with Gasteiger partial charge in [-0.25, -0.2) is 9.67 Å². The fourth-order valence-electron chi connectivity index (χ4n) is 3.16. The second kappa shape index (κ2) is 8.44. The summed E-state index contributed by atoms with van der Waals surface area (Å²) in [7, 11) is 0. The molecule has 0 bridgehead atoms. The van der Waals surface area contributed by atoms with Crippen molar-refractivity contribution in [1.29, 1.82) is 0 Å². The van der Waals surface area contributed by atoms with E-state index >= 15 is 0 Å². The number of alkyl halides is 2. The number of H-pyrrole nitrogens is 1. The smallest absolute Gasteiger partial charge is 0.237 e. The summed E-state index contributed by atoms with van der Waals surface area (Å²) in [4.78, 5) is 4.07. The summed E-state index contributed by atoms with van der Waals surface area (Å²) >= 11 is 0. The van der Waals surface area contributed by atoms with E-state index in [0.717, 1.165) is 29.2 Å². The molecule has 0 unspecified atom stereocenters. The van der Waals surface area contributed by atoms with Gasteiger partial charge in [0.15, 0.2) is 0 Å². The number of nitrogens with zero attached hydrogens (tertiary/aromatic N) is 6. The molecule has 9 heteroatoms. The second-order valence-electron chi connectivity index (χ2n) is 6.98. The molecule has 0 fully saturated rings. The van der Waals surface area contributed by atoms with Gasteiger partial charge < -0.3 is 0 Å². The molecule has 156 valence electrons. The number of aromatic nitrogens is 7. The Morgan fingerprint density at radius 3 is 2.45 bits per heavy atom. The van der Waals surface area contributed by atoms with Crippen molar-refractivity contribution >= 4 is 0 Å². The van der Waals surface area contributed by atoms with Gasteiger partial charge in [0.2, 0.25) is 11.6 Å². The molecule has 0 saturated carbocycles. The summed E-state index contributed by atoms with van der Waals surface area (Å²) < 4.78 is 28.9. The predicted octanol–water partition coefficient (Wildman–Crippen LogP) is 3.85. The number of hydrogen-bond acceptors (Lipinski definition) is 5. The van der Waals surface area contributed by atoms with E-state index in [4.69, 9.17) is 0 Å². The molecule has 7 nitrogen and oxygen atoms in total. The van der Waals surface area contributed by atoms with E-state index in [-0.39, 0.29) is 6.54 Å². The first-order chi connectivity index (χ1) is 15.0. The molecule has 0 spiro atoms. The van der Waals surface area contributed by atoms with Gasteiger partial charge in [-0.1, -0.05) is 54.5 Å². The zero-order valence-electron chi connectivity index (χ0n) is 17.0. The third-order valence-electron chi connectivity index (χ3n) is 4.69. The van der Waals surface area contributed by atoms with Crippen LogP contribution in [-0.4, -0.2) is 35.4 Å². The number of rotatable bonds is 6. The highest BCUT2D eigenvalue weighted by Gasteiger charge is 2.31. The second-order valence-corrected chi connectivity index (χ2v) is 6.98. The fraction of sp³-hybridized carbons (Fsp3) is 0.227. The van der Waals surface area contributed by atoms with Crippen LogP contribution >= 0.6 is 0 Å². The normalized spacial score (nSPS) is 11.2. The zero-order chi connectivity index (χ0) is 21.8. The van der Waals surface area contributed by atoms with Gasteiger partial charge in [0.05, 0.1) is 0 Å². The van der Waals surface area contributed by atoms with Crippen molar-refractivity contribution < 1.29 is 8.78 Å². The minimum Gasteiger partial charge on any atom is -0.237 e. The Balaban J connectivity index is 1.62. The largest absolute Gasteiger partial charge is 0.305 e. The summed E-state index contributed by atoms with van der Waals surface area (Å²) in [5.41, 5.74) is 3.72. The van der Waals surface area contributed by atoms with Crippen LogP contribution in [0.2, 0.25) is 0 Å². The van der Waals surface area contributed by atoms with Gasteiger partial charge in [-0.05, 0) is 28.8 Å². The highest BCUT2D eigenvalue weighted by molar-refractivity contribution is 5.80. The number of aromatic amines is 1. The maximum absolute atomic E-state index is 13.7. The van der Waals surface area contributed by atoms with Crippen molar-refractivity contribution in [3.8, 4) is 34.4 Å². The number of tetrazole rings is 1. The fourth-order valence-corrected chi connectivity index (χ4v) is 3.16. The summed E-state index contributed by atoms with van der Waals surface area (Å²) in [6.45, 7) is 2.69. The Kier molecular flexibility index (Phi) is 5.54. The van der Waals surface area contributed by atoms with Crippen LogP contribution in [0, 0.1) is 11.8 Å². The van der Waals surface area contributed by atoms with E-state index in [1.807, 2.05) is 48.5 Å². The highest BCUT2D eigenvalue weighted by atomic mass is 19.3. The molecule has 4 rings (SSSR count). The lowest BCUT2D eigenvalue weighted by Crippen LogP contribution is -2.10. The van der Waals surface area contributed by atoms with Crippen LogP contribution in [0.25, 0.3) is 22.5 Å². The number of benzene rings is 2. The number of hydrogen-bond donors (Lipinski definition) is 1. The molecule has 31 heavy (non-hydrogen) atoms. The molecule has 1 N–H and O–H groups in total. The maximum atomic E-state index is 13.7. The minimum absolute atomic E-state index is 0.213. The average Bonchev–Trinajstić information content (AvgIpc) is 3.43. The van der Waals surface area contributed by atoms with Gasteiger partial charge in [0.1, 0.15) is 12.4 Å². The van der Waals surface area contributed by atoms with Crippen molar-refractivity contribution in [3.63, 3.8) is 0 Å². The van der Waals surface area contributed by atoms with E-state index in [2.05, 4.69) is 42.5 Å². The molecular weight excluding hydrogens is 400 g/mol. The van der Waals surface area contributed by atoms with Crippen LogP contribution in [0.3, 0.4) is 0 Å². The van der Waals surface area contributed by atoms with Crippen LogP contribution in [0.15, 0.2) is 48.5 Å². The zero-order valence-corrected chi connectivity index (χ0v) is 17.0. The van der Waals surface area contributed by atoms with Crippen molar-refractivity contribution in [3.05, 3.63) is 65.7 Å². The number of nitrogens with one attached hydrogen (secondary N) is 1. The molecule has 2 heterocycles. The van der Waals surface area contributed by atoms with E-state index in [1.165, 1.54) is 4.68 Å². The SMILES string of the molecule is CC#CCn1nc(C(C)(F)F)nc1Cc1ccc(-c2ccccc2-c2nn[nH]n2)cc1. The molecule has 0 saturated heterocycles. The summed E-state index contributed by atoms with van der Waals surface area (Å²) in [6, 6.07) is 15.6. The van der Waals surface area contributed by atoms with Crippen LogP contribution in [0.4, 0.5) is 8.78 Å². The summed E-state index contributed by atoms with van der Waals surface area (Å²) in [5.74, 6) is 2.96. The first kappa shape index (κ1) is 20.3. The van der Waals surface area contributed by atoms with Crippen LogP contribution in [-0.2, 0) is 18.9 Å². The summed E-state index contributed by atoms with van der Waals surface area (Å²) in [6.07, 6.45) is 0.362. The van der Waals surface area contributed by atoms with Gasteiger partial charge in [-0.3, -0.25) is 0 Å². The molecule has 0 amide bonds. The monoisotopic (exact) mass is 419 g/mol. The Labute approximate surface area is 177 Å². The van der Waals surface area contributed by atoms with Crippen LogP contribution in [0.5, 0.6) is 0 Å². The minimum atomic E-state index is -3.11. The highest BCUT2D eigenvalue weighted by Crippen LogP contribution is 2.30. The van der Waals surface area contributed by atoms with Crippen LogP contribution < -0.4 is 0 Å². The molecule has 2 aromatic heterocycles. The first-order valence-corrected chi connectivity index (χ1v) is 9.59. The Morgan fingerprint density at radius 2 is 1.81 bits per heavy atom. The predicted molar refractivity (Wildman–Crippen MR) is 111 cm³/mol. The summed E-state index contributed by atoms with van der Waals surface area (Å²) in [5, 5.41) is 18.2. The average molecular weight is 419 g/mol. The van der Waals surface area contributed by atoms with Crippen molar-refractivity contribution in [2.75, 3.05) is 0 Å². The molecule has 0 aliphatic rings. The van der Waals surface area contributed by atoms with E-state index in [0.29, 0.717) is 18.1 Å². The topological polar surface area (TPSA) is 85.2 Å². The van der Waals surface area contributed by atoms with Crippen molar-refractivity contribution in [1.82, 2.24) is 35.4 Å². The van der Waals surface area contributed by atoms with Crippen molar-refractivity contribution in [2.45, 2.75) is 32.7 Å². The van der Waals surface area contributed by atoms with E-state index in [9.17, 15) is 8.78 Å². The first-order valence-electron chi connectivity index (χ1n) is 9.59. The molecular formula is C22H19F2N7. The van der Waals surface area contributed by atoms with E-state index in [1.54, 1.807) is 6.92 Å². The Hall–Kier alpha value is -3.93. The Morgan fingerprint density at radius 1 is 1.06 bits per heavy atom. The van der Waals surface area contributed by atoms with Gasteiger partial charge in [0, 0.05) is 18.9 Å². The van der Waals surface area contributed by atoms with E-state index < -0.39 is 11.7 Å². The molecule has 0 aliphatic heterocycles. The molecule has 2 aromatic carbocycles. The third kappa shape index (κ3) is 4.48. The maximum Gasteiger partial charge on any atom is 0.305 e. The number of halogens is 2. The van der Waals surface area contributed by atoms with Crippen LogP contribution in [0.1, 0.15) is 31.1 Å². The van der Waals surface area contributed by atoms with Gasteiger partial charge >= 0.3 is 5.92 Å². The molecule has 0 radical (unpaired) electrons. The lowest BCUT2D eigenvalue weighted by Gasteiger charge is -2.08. The Bertz CT molecular complexity index is 1230. The lowest BCUT2D eigenvalue weighted by atomic mass is 9.98. The third-order valence-corrected chi connectivity index (χ3v) is 4.69. The molecule has 4 aromatic rings. The molecule has 0 atom stereocenters. The van der Waals surface area contributed by atoms with Gasteiger partial charge in [0.25, 0.3) is 0 Å². The van der Waals surface area contributed by atoms with Gasteiger partial charge in [-0.15, -0.1) is 21.2 Å². The standard InChI is InChI=1S/C22H19F2N7/c1-3-4-13-31-19(25-21(28-31)22(2,23)24)14-15-9-11-16(12-10-15)17-7-5-6-8-18(17)20-26-29-30-27-20/h5-12H,13-14H2,1-2H3,(H,26,27,29,30). The quantitative estimate of drug-likeness (QED) is 0.480.